The highest BCUT2D eigenvalue weighted by molar-refractivity contribution is 5.96. The van der Waals surface area contributed by atoms with Crippen LogP contribution in [0.3, 0.4) is 0 Å². The first-order valence-corrected chi connectivity index (χ1v) is 9.04. The van der Waals surface area contributed by atoms with Gasteiger partial charge >= 0.3 is 0 Å². The Morgan fingerprint density at radius 3 is 2.70 bits per heavy atom. The SMILES string of the molecule is N#Cc1ccccc1C(=O)N1CCc2oc(CCc3ccccc3)nc2C1. The third kappa shape index (κ3) is 3.61. The average Bonchev–Trinajstić information content (AvgIpc) is 3.14. The topological polar surface area (TPSA) is 70.1 Å². The number of hydrogen-bond acceptors (Lipinski definition) is 4. The molecular formula is C22H19N3O2. The minimum atomic E-state index is -0.133. The van der Waals surface area contributed by atoms with Crippen LogP contribution in [0.4, 0.5) is 0 Å². The van der Waals surface area contributed by atoms with Gasteiger partial charge in [0.1, 0.15) is 11.5 Å². The van der Waals surface area contributed by atoms with Gasteiger partial charge in [-0.15, -0.1) is 0 Å². The lowest BCUT2D eigenvalue weighted by atomic mass is 10.1. The van der Waals surface area contributed by atoms with Crippen molar-refractivity contribution >= 4 is 5.91 Å². The fraction of sp³-hybridized carbons (Fsp3) is 0.227. The van der Waals surface area contributed by atoms with Crippen molar-refractivity contribution in [2.24, 2.45) is 0 Å². The molecule has 1 amide bonds. The average molecular weight is 357 g/mol. The molecule has 0 N–H and O–H groups in total. The standard InChI is InChI=1S/C22H19N3O2/c23-14-17-8-4-5-9-18(17)22(26)25-13-12-20-19(15-25)24-21(27-20)11-10-16-6-2-1-3-7-16/h1-9H,10-13,15H2. The monoisotopic (exact) mass is 357 g/mol. The molecule has 4 rings (SSSR count). The summed E-state index contributed by atoms with van der Waals surface area (Å²) >= 11 is 0. The quantitative estimate of drug-likeness (QED) is 0.716. The summed E-state index contributed by atoms with van der Waals surface area (Å²) in [7, 11) is 0. The number of carbonyl (C=O) groups is 1. The third-order valence-electron chi connectivity index (χ3n) is 4.81. The van der Waals surface area contributed by atoms with Crippen LogP contribution in [-0.2, 0) is 25.8 Å². The van der Waals surface area contributed by atoms with Gasteiger partial charge in [0.2, 0.25) is 0 Å². The molecule has 2 heterocycles. The number of aromatic nitrogens is 1. The zero-order valence-corrected chi connectivity index (χ0v) is 14.9. The lowest BCUT2D eigenvalue weighted by Gasteiger charge is -2.25. The van der Waals surface area contributed by atoms with Crippen LogP contribution in [0.1, 0.15) is 38.8 Å². The molecular weight excluding hydrogens is 338 g/mol. The van der Waals surface area contributed by atoms with Gasteiger partial charge in [0.05, 0.1) is 23.7 Å². The molecule has 0 spiro atoms. The summed E-state index contributed by atoms with van der Waals surface area (Å²) in [4.78, 5) is 19.2. The number of nitriles is 1. The molecule has 2 aromatic carbocycles. The molecule has 3 aromatic rings. The molecule has 5 heteroatoms. The molecule has 0 saturated heterocycles. The van der Waals surface area contributed by atoms with E-state index < -0.39 is 0 Å². The Morgan fingerprint density at radius 2 is 1.89 bits per heavy atom. The van der Waals surface area contributed by atoms with Crippen molar-refractivity contribution in [1.82, 2.24) is 9.88 Å². The molecule has 1 aliphatic rings. The fourth-order valence-corrected chi connectivity index (χ4v) is 3.37. The van der Waals surface area contributed by atoms with E-state index >= 15 is 0 Å². The predicted molar refractivity (Wildman–Crippen MR) is 100.0 cm³/mol. The second-order valence-electron chi connectivity index (χ2n) is 6.60. The van der Waals surface area contributed by atoms with E-state index in [1.807, 2.05) is 18.2 Å². The summed E-state index contributed by atoms with van der Waals surface area (Å²) in [5, 5.41) is 9.23. The summed E-state index contributed by atoms with van der Waals surface area (Å²) in [5.74, 6) is 1.46. The number of benzene rings is 2. The zero-order valence-electron chi connectivity index (χ0n) is 14.9. The first kappa shape index (κ1) is 17.0. The van der Waals surface area contributed by atoms with Gasteiger partial charge < -0.3 is 9.32 Å². The van der Waals surface area contributed by atoms with Crippen molar-refractivity contribution < 1.29 is 9.21 Å². The summed E-state index contributed by atoms with van der Waals surface area (Å²) < 4.78 is 5.91. The Morgan fingerprint density at radius 1 is 1.11 bits per heavy atom. The molecule has 0 atom stereocenters. The number of carbonyl (C=O) groups excluding carboxylic acids is 1. The van der Waals surface area contributed by atoms with Gasteiger partial charge in [-0.25, -0.2) is 4.98 Å². The van der Waals surface area contributed by atoms with E-state index in [0.717, 1.165) is 30.2 Å². The van der Waals surface area contributed by atoms with E-state index in [-0.39, 0.29) is 5.91 Å². The smallest absolute Gasteiger partial charge is 0.255 e. The van der Waals surface area contributed by atoms with E-state index in [9.17, 15) is 10.1 Å². The van der Waals surface area contributed by atoms with Gasteiger partial charge in [0.25, 0.3) is 5.91 Å². The number of fused-ring (bicyclic) bond motifs is 1. The van der Waals surface area contributed by atoms with Crippen LogP contribution >= 0.6 is 0 Å². The first-order valence-electron chi connectivity index (χ1n) is 9.04. The molecule has 0 aliphatic carbocycles. The Kier molecular flexibility index (Phi) is 4.71. The van der Waals surface area contributed by atoms with Crippen molar-refractivity contribution in [3.8, 4) is 6.07 Å². The van der Waals surface area contributed by atoms with Crippen LogP contribution in [0.5, 0.6) is 0 Å². The Balaban J connectivity index is 1.46. The number of rotatable bonds is 4. The highest BCUT2D eigenvalue weighted by atomic mass is 16.4. The minimum Gasteiger partial charge on any atom is -0.445 e. The molecule has 0 radical (unpaired) electrons. The summed E-state index contributed by atoms with van der Waals surface area (Å²) in [5.41, 5.74) is 2.92. The second-order valence-corrected chi connectivity index (χ2v) is 6.60. The third-order valence-corrected chi connectivity index (χ3v) is 4.81. The molecule has 1 aromatic heterocycles. The van der Waals surface area contributed by atoms with Crippen molar-refractivity contribution in [3.63, 3.8) is 0 Å². The van der Waals surface area contributed by atoms with Gasteiger partial charge in [-0.2, -0.15) is 5.26 Å². The second kappa shape index (κ2) is 7.46. The van der Waals surface area contributed by atoms with Crippen LogP contribution in [0, 0.1) is 11.3 Å². The first-order chi connectivity index (χ1) is 13.2. The van der Waals surface area contributed by atoms with Gasteiger partial charge in [0.15, 0.2) is 5.89 Å². The predicted octanol–water partition coefficient (Wildman–Crippen LogP) is 3.53. The zero-order chi connectivity index (χ0) is 18.6. The van der Waals surface area contributed by atoms with Crippen LogP contribution in [0.25, 0.3) is 0 Å². The maximum Gasteiger partial charge on any atom is 0.255 e. The number of hydrogen-bond donors (Lipinski definition) is 0. The number of oxazole rings is 1. The Hall–Kier alpha value is -3.39. The van der Waals surface area contributed by atoms with Crippen molar-refractivity contribution in [3.05, 3.63) is 88.6 Å². The molecule has 134 valence electrons. The van der Waals surface area contributed by atoms with Gasteiger partial charge in [0, 0.05) is 19.4 Å². The Bertz CT molecular complexity index is 1000. The Labute approximate surface area is 157 Å². The summed E-state index contributed by atoms with van der Waals surface area (Å²) in [6.07, 6.45) is 2.26. The highest BCUT2D eigenvalue weighted by Gasteiger charge is 2.27. The number of amides is 1. The molecule has 1 aliphatic heterocycles. The fourth-order valence-electron chi connectivity index (χ4n) is 3.37. The largest absolute Gasteiger partial charge is 0.445 e. The normalized spacial score (nSPS) is 13.1. The van der Waals surface area contributed by atoms with Crippen molar-refractivity contribution in [2.75, 3.05) is 6.54 Å². The highest BCUT2D eigenvalue weighted by Crippen LogP contribution is 2.23. The molecule has 0 fully saturated rings. The molecule has 0 unspecified atom stereocenters. The van der Waals surface area contributed by atoms with Gasteiger partial charge in [-0.1, -0.05) is 42.5 Å². The van der Waals surface area contributed by atoms with E-state index in [1.165, 1.54) is 5.56 Å². The van der Waals surface area contributed by atoms with Crippen LogP contribution in [0.2, 0.25) is 0 Å². The van der Waals surface area contributed by atoms with E-state index in [0.29, 0.717) is 30.6 Å². The molecule has 0 bridgehead atoms. The molecule has 27 heavy (non-hydrogen) atoms. The van der Waals surface area contributed by atoms with E-state index in [4.69, 9.17) is 4.42 Å². The van der Waals surface area contributed by atoms with Crippen LogP contribution < -0.4 is 0 Å². The lowest BCUT2D eigenvalue weighted by Crippen LogP contribution is -2.36. The van der Waals surface area contributed by atoms with Crippen molar-refractivity contribution in [2.45, 2.75) is 25.8 Å². The maximum atomic E-state index is 12.8. The van der Waals surface area contributed by atoms with E-state index in [1.54, 1.807) is 29.2 Å². The van der Waals surface area contributed by atoms with Gasteiger partial charge in [-0.05, 0) is 24.1 Å². The summed E-state index contributed by atoms with van der Waals surface area (Å²) in [6.45, 7) is 0.988. The number of aryl methyl sites for hydroxylation is 2. The number of nitrogens with zero attached hydrogens (tertiary/aromatic N) is 3. The molecule has 0 saturated carbocycles. The summed E-state index contributed by atoms with van der Waals surface area (Å²) in [6, 6.07) is 19.2. The van der Waals surface area contributed by atoms with Crippen LogP contribution in [-0.4, -0.2) is 22.3 Å². The van der Waals surface area contributed by atoms with Crippen LogP contribution in [0.15, 0.2) is 59.0 Å². The molecule has 5 nitrogen and oxygen atoms in total. The maximum absolute atomic E-state index is 12.8. The van der Waals surface area contributed by atoms with E-state index in [2.05, 4.69) is 23.2 Å². The van der Waals surface area contributed by atoms with Crippen molar-refractivity contribution in [1.29, 1.82) is 5.26 Å². The minimum absolute atomic E-state index is 0.133. The lowest BCUT2D eigenvalue weighted by molar-refractivity contribution is 0.0727. The van der Waals surface area contributed by atoms with Gasteiger partial charge in [-0.3, -0.25) is 4.79 Å².